The first-order chi connectivity index (χ1) is 12.8. The minimum Gasteiger partial charge on any atom is -0.450 e. The lowest BCUT2D eigenvalue weighted by atomic mass is 9.86. The molecule has 0 bridgehead atoms. The molecule has 1 amide bonds. The molecule has 4 nitrogen and oxygen atoms in total. The van der Waals surface area contributed by atoms with Crippen molar-refractivity contribution in [2.75, 3.05) is 6.61 Å². The Hall–Kier alpha value is -2.18. The molecular weight excluding hydrogens is 413 g/mol. The predicted octanol–water partition coefficient (Wildman–Crippen LogP) is 5.01. The highest BCUT2D eigenvalue weighted by Gasteiger charge is 2.31. The van der Waals surface area contributed by atoms with Gasteiger partial charge in [0, 0.05) is 16.5 Å². The molecule has 0 aliphatic heterocycles. The molecule has 0 saturated carbocycles. The zero-order valence-corrected chi connectivity index (χ0v) is 16.7. The lowest BCUT2D eigenvalue weighted by Gasteiger charge is -2.28. The topological polar surface area (TPSA) is 72.6 Å². The molecule has 0 heterocycles. The number of carbonyl (C=O) groups is 1. The van der Waals surface area contributed by atoms with Gasteiger partial charge >= 0.3 is 6.09 Å². The maximum atomic E-state index is 14.2. The lowest BCUT2D eigenvalue weighted by molar-refractivity contribution is 0.00832. The van der Waals surface area contributed by atoms with Gasteiger partial charge in [0.15, 0.2) is 0 Å². The first-order valence-electron chi connectivity index (χ1n) is 8.63. The van der Waals surface area contributed by atoms with Crippen molar-refractivity contribution in [3.05, 3.63) is 82.1 Å². The van der Waals surface area contributed by atoms with Gasteiger partial charge in [0.05, 0.1) is 12.2 Å². The highest BCUT2D eigenvalue weighted by molar-refractivity contribution is 9.10. The molecule has 2 aromatic rings. The molecule has 0 fully saturated rings. The smallest absolute Gasteiger partial charge is 0.404 e. The van der Waals surface area contributed by atoms with Crippen LogP contribution in [0.2, 0.25) is 0 Å². The Morgan fingerprint density at radius 2 is 1.96 bits per heavy atom. The van der Waals surface area contributed by atoms with E-state index in [-0.39, 0.29) is 30.9 Å². The molecule has 2 atom stereocenters. The van der Waals surface area contributed by atoms with E-state index in [4.69, 9.17) is 10.5 Å². The molecule has 0 aromatic heterocycles. The number of hydrogen-bond donors (Lipinski definition) is 2. The molecule has 2 aromatic carbocycles. The van der Waals surface area contributed by atoms with Crippen molar-refractivity contribution < 1.29 is 19.0 Å². The van der Waals surface area contributed by atoms with Gasteiger partial charge in [0.2, 0.25) is 0 Å². The SMILES string of the molecule is C[C@@H](C=CCC(O)(CCOC(N)=O)c1ccccc1F)c1ccc(Br)cc1. The number of ether oxygens (including phenoxy) is 1. The molecule has 0 aliphatic rings. The Morgan fingerprint density at radius 1 is 1.30 bits per heavy atom. The van der Waals surface area contributed by atoms with Gasteiger partial charge in [-0.05, 0) is 36.1 Å². The van der Waals surface area contributed by atoms with Gasteiger partial charge in [0.1, 0.15) is 5.82 Å². The molecule has 144 valence electrons. The summed E-state index contributed by atoms with van der Waals surface area (Å²) in [5, 5.41) is 11.1. The quantitative estimate of drug-likeness (QED) is 0.572. The zero-order chi connectivity index (χ0) is 19.9. The van der Waals surface area contributed by atoms with Crippen LogP contribution in [0.4, 0.5) is 9.18 Å². The number of benzene rings is 2. The van der Waals surface area contributed by atoms with Crippen molar-refractivity contribution in [2.24, 2.45) is 5.73 Å². The molecule has 6 heteroatoms. The highest BCUT2D eigenvalue weighted by Crippen LogP contribution is 2.32. The number of rotatable bonds is 8. The normalized spacial score (nSPS) is 14.7. The Bertz CT molecular complexity index is 794. The molecule has 0 spiro atoms. The van der Waals surface area contributed by atoms with Crippen molar-refractivity contribution in [1.29, 1.82) is 0 Å². The third kappa shape index (κ3) is 6.19. The first kappa shape index (κ1) is 21.1. The van der Waals surface area contributed by atoms with Crippen LogP contribution in [-0.4, -0.2) is 17.8 Å². The van der Waals surface area contributed by atoms with Crippen molar-refractivity contribution in [3.63, 3.8) is 0 Å². The summed E-state index contributed by atoms with van der Waals surface area (Å²) in [7, 11) is 0. The maximum absolute atomic E-state index is 14.2. The highest BCUT2D eigenvalue weighted by atomic mass is 79.9. The average Bonchev–Trinajstić information content (AvgIpc) is 2.62. The Morgan fingerprint density at radius 3 is 2.59 bits per heavy atom. The molecule has 0 aliphatic carbocycles. The first-order valence-corrected chi connectivity index (χ1v) is 9.43. The van der Waals surface area contributed by atoms with Crippen LogP contribution in [0.15, 0.2) is 65.2 Å². The van der Waals surface area contributed by atoms with Crippen LogP contribution in [0.3, 0.4) is 0 Å². The molecular formula is C21H23BrFNO3. The van der Waals surface area contributed by atoms with E-state index in [0.29, 0.717) is 0 Å². The van der Waals surface area contributed by atoms with E-state index >= 15 is 0 Å². The Labute approximate surface area is 167 Å². The van der Waals surface area contributed by atoms with E-state index in [1.54, 1.807) is 12.1 Å². The summed E-state index contributed by atoms with van der Waals surface area (Å²) in [5.41, 5.74) is 4.76. The molecule has 0 radical (unpaired) electrons. The van der Waals surface area contributed by atoms with Gasteiger partial charge in [-0.15, -0.1) is 0 Å². The second kappa shape index (κ2) is 9.67. The van der Waals surface area contributed by atoms with Crippen LogP contribution in [0.25, 0.3) is 0 Å². The maximum Gasteiger partial charge on any atom is 0.404 e. The van der Waals surface area contributed by atoms with Crippen molar-refractivity contribution in [2.45, 2.75) is 31.3 Å². The lowest BCUT2D eigenvalue weighted by Crippen LogP contribution is -2.29. The summed E-state index contributed by atoms with van der Waals surface area (Å²) in [6.45, 7) is 1.94. The molecule has 3 N–H and O–H groups in total. The van der Waals surface area contributed by atoms with Crippen LogP contribution < -0.4 is 5.73 Å². The number of carbonyl (C=O) groups excluding carboxylic acids is 1. The fraction of sp³-hybridized carbons (Fsp3) is 0.286. The number of halogens is 2. The molecule has 27 heavy (non-hydrogen) atoms. The van der Waals surface area contributed by atoms with Crippen LogP contribution >= 0.6 is 15.9 Å². The van der Waals surface area contributed by atoms with E-state index < -0.39 is 17.5 Å². The number of nitrogens with two attached hydrogens (primary N) is 1. The largest absolute Gasteiger partial charge is 0.450 e. The predicted molar refractivity (Wildman–Crippen MR) is 107 cm³/mol. The van der Waals surface area contributed by atoms with Gasteiger partial charge in [-0.2, -0.15) is 0 Å². The van der Waals surface area contributed by atoms with Gasteiger partial charge in [-0.25, -0.2) is 9.18 Å². The van der Waals surface area contributed by atoms with Crippen LogP contribution in [0.5, 0.6) is 0 Å². The number of primary amides is 1. The summed E-state index contributed by atoms with van der Waals surface area (Å²) < 4.78 is 20.0. The average molecular weight is 436 g/mol. The van der Waals surface area contributed by atoms with Crippen molar-refractivity contribution >= 4 is 22.0 Å². The van der Waals surface area contributed by atoms with Gasteiger partial charge in [-0.1, -0.05) is 65.3 Å². The third-order valence-electron chi connectivity index (χ3n) is 4.41. The van der Waals surface area contributed by atoms with Crippen molar-refractivity contribution in [1.82, 2.24) is 0 Å². The Kier molecular flexibility index (Phi) is 7.56. The van der Waals surface area contributed by atoms with Crippen LogP contribution in [0, 0.1) is 5.82 Å². The third-order valence-corrected chi connectivity index (χ3v) is 4.94. The molecule has 0 saturated heterocycles. The van der Waals surface area contributed by atoms with E-state index in [1.165, 1.54) is 12.1 Å². The summed E-state index contributed by atoms with van der Waals surface area (Å²) in [6, 6.07) is 14.0. The van der Waals surface area contributed by atoms with E-state index in [9.17, 15) is 14.3 Å². The van der Waals surface area contributed by atoms with Crippen LogP contribution in [0.1, 0.15) is 36.8 Å². The fourth-order valence-electron chi connectivity index (χ4n) is 2.85. The zero-order valence-electron chi connectivity index (χ0n) is 15.1. The minimum atomic E-state index is -1.50. The Balaban J connectivity index is 2.14. The van der Waals surface area contributed by atoms with Crippen molar-refractivity contribution in [3.8, 4) is 0 Å². The summed E-state index contributed by atoms with van der Waals surface area (Å²) in [5.74, 6) is -0.377. The van der Waals surface area contributed by atoms with E-state index in [0.717, 1.165) is 10.0 Å². The molecule has 2 rings (SSSR count). The summed E-state index contributed by atoms with van der Waals surface area (Å²) in [6.07, 6.45) is 3.07. The second-order valence-corrected chi connectivity index (χ2v) is 7.32. The van der Waals surface area contributed by atoms with Gasteiger partial charge in [-0.3, -0.25) is 0 Å². The second-order valence-electron chi connectivity index (χ2n) is 6.40. The summed E-state index contributed by atoms with van der Waals surface area (Å²) >= 11 is 3.41. The summed E-state index contributed by atoms with van der Waals surface area (Å²) in [4.78, 5) is 10.8. The van der Waals surface area contributed by atoms with Gasteiger partial charge in [0.25, 0.3) is 0 Å². The number of allylic oxidation sites excluding steroid dienone is 1. The van der Waals surface area contributed by atoms with Crippen LogP contribution in [-0.2, 0) is 10.3 Å². The van der Waals surface area contributed by atoms with E-state index in [1.807, 2.05) is 43.3 Å². The number of hydrogen-bond acceptors (Lipinski definition) is 3. The number of amides is 1. The van der Waals surface area contributed by atoms with E-state index in [2.05, 4.69) is 15.9 Å². The fourth-order valence-corrected chi connectivity index (χ4v) is 3.11. The minimum absolute atomic E-state index is 0.0356. The molecule has 1 unspecified atom stereocenters. The number of aliphatic hydroxyl groups is 1. The van der Waals surface area contributed by atoms with Gasteiger partial charge < -0.3 is 15.6 Å². The monoisotopic (exact) mass is 435 g/mol. The standard InChI is InChI=1S/C21H23BrFNO3/c1-15(16-8-10-17(22)11-9-16)5-4-12-21(26,13-14-27-20(24)25)18-6-2-3-7-19(18)23/h2-11,15,26H,12-14H2,1H3,(H2,24,25)/t15-,21?/m0/s1.